The summed E-state index contributed by atoms with van der Waals surface area (Å²) in [7, 11) is 0. The molecule has 1 atom stereocenters. The molecule has 1 aliphatic heterocycles. The van der Waals surface area contributed by atoms with Gasteiger partial charge in [0.05, 0.1) is 0 Å². The summed E-state index contributed by atoms with van der Waals surface area (Å²) in [5, 5.41) is 3.10. The minimum atomic E-state index is -0.318. The lowest BCUT2D eigenvalue weighted by Crippen LogP contribution is -2.29. The molecule has 0 fully saturated rings. The minimum absolute atomic E-state index is 0.237. The van der Waals surface area contributed by atoms with Crippen molar-refractivity contribution in [2.45, 2.75) is 52.2 Å². The van der Waals surface area contributed by atoms with Crippen molar-refractivity contribution in [1.29, 1.82) is 0 Å². The van der Waals surface area contributed by atoms with Gasteiger partial charge < -0.3 is 10.1 Å². The van der Waals surface area contributed by atoms with E-state index in [0.717, 1.165) is 6.42 Å². The molecule has 4 heteroatoms. The number of ether oxygens (including phenoxy) is 1. The molecular formula is C12H21NO3. The molecule has 0 bridgehead atoms. The zero-order chi connectivity index (χ0) is 12.6. The van der Waals surface area contributed by atoms with Gasteiger partial charge >= 0.3 is 0 Å². The third kappa shape index (κ3) is 8.03. The molecule has 0 radical (unpaired) electrons. The molecule has 4 nitrogen and oxygen atoms in total. The van der Waals surface area contributed by atoms with Crippen molar-refractivity contribution in [2.75, 3.05) is 0 Å². The molecule has 16 heavy (non-hydrogen) atoms. The quantitative estimate of drug-likeness (QED) is 0.731. The molecule has 92 valence electrons. The molecule has 0 amide bonds. The Bertz CT molecular complexity index is 253. The van der Waals surface area contributed by atoms with Crippen molar-refractivity contribution in [3.8, 4) is 0 Å². The first-order valence-corrected chi connectivity index (χ1v) is 5.46. The first kappa shape index (κ1) is 14.7. The van der Waals surface area contributed by atoms with Crippen molar-refractivity contribution >= 4 is 12.3 Å². The van der Waals surface area contributed by atoms with Gasteiger partial charge in [0.25, 0.3) is 6.47 Å². The second-order valence-corrected chi connectivity index (χ2v) is 4.60. The van der Waals surface area contributed by atoms with Gasteiger partial charge in [-0.2, -0.15) is 0 Å². The van der Waals surface area contributed by atoms with E-state index in [1.165, 1.54) is 0 Å². The van der Waals surface area contributed by atoms with E-state index in [-0.39, 0.29) is 11.4 Å². The van der Waals surface area contributed by atoms with Gasteiger partial charge in [0.15, 0.2) is 5.78 Å². The molecule has 1 aliphatic rings. The van der Waals surface area contributed by atoms with Gasteiger partial charge in [-0.25, -0.2) is 0 Å². The van der Waals surface area contributed by atoms with Crippen LogP contribution in [0.2, 0.25) is 0 Å². The van der Waals surface area contributed by atoms with Gasteiger partial charge in [-0.15, -0.1) is 0 Å². The average molecular weight is 227 g/mol. The number of ketones is 1. The summed E-state index contributed by atoms with van der Waals surface area (Å²) in [6.07, 6.45) is 5.01. The molecule has 0 spiro atoms. The van der Waals surface area contributed by atoms with E-state index in [9.17, 15) is 9.59 Å². The van der Waals surface area contributed by atoms with Crippen LogP contribution in [0, 0.1) is 0 Å². The van der Waals surface area contributed by atoms with E-state index in [1.807, 2.05) is 20.8 Å². The van der Waals surface area contributed by atoms with Gasteiger partial charge in [0, 0.05) is 18.7 Å². The average Bonchev–Trinajstić information content (AvgIpc) is 2.17. The van der Waals surface area contributed by atoms with Gasteiger partial charge in [0.1, 0.15) is 5.60 Å². The van der Waals surface area contributed by atoms with E-state index >= 15 is 0 Å². The van der Waals surface area contributed by atoms with Crippen molar-refractivity contribution in [3.63, 3.8) is 0 Å². The number of hydrogen-bond donors (Lipinski definition) is 1. The fraction of sp³-hybridized carbons (Fsp3) is 0.667. The normalized spacial score (nSPS) is 19.2. The summed E-state index contributed by atoms with van der Waals surface area (Å²) in [5.41, 5.74) is -0.318. The van der Waals surface area contributed by atoms with Crippen LogP contribution in [0.4, 0.5) is 0 Å². The lowest BCUT2D eigenvalue weighted by molar-refractivity contribution is -0.138. The summed E-state index contributed by atoms with van der Waals surface area (Å²) < 4.78 is 4.55. The molecular weight excluding hydrogens is 206 g/mol. The molecule has 1 N–H and O–H groups in total. The number of allylic oxidation sites excluding steroid dienone is 1. The number of hydrogen-bond acceptors (Lipinski definition) is 4. The van der Waals surface area contributed by atoms with E-state index in [4.69, 9.17) is 0 Å². The second-order valence-electron chi connectivity index (χ2n) is 4.60. The van der Waals surface area contributed by atoms with Crippen LogP contribution >= 0.6 is 0 Å². The summed E-state index contributed by atoms with van der Waals surface area (Å²) in [6, 6.07) is 0.377. The molecule has 0 aromatic heterocycles. The third-order valence-electron chi connectivity index (χ3n) is 1.94. The zero-order valence-corrected chi connectivity index (χ0v) is 10.4. The van der Waals surface area contributed by atoms with Crippen LogP contribution in [-0.4, -0.2) is 23.9 Å². The van der Waals surface area contributed by atoms with Crippen molar-refractivity contribution in [1.82, 2.24) is 5.32 Å². The van der Waals surface area contributed by atoms with Gasteiger partial charge in [-0.1, -0.05) is 6.92 Å². The predicted octanol–water partition coefficient (Wildman–Crippen LogP) is 1.80. The van der Waals surface area contributed by atoms with Crippen LogP contribution in [0.3, 0.4) is 0 Å². The Morgan fingerprint density at radius 3 is 2.44 bits per heavy atom. The third-order valence-corrected chi connectivity index (χ3v) is 1.94. The van der Waals surface area contributed by atoms with E-state index in [0.29, 0.717) is 18.9 Å². The summed E-state index contributed by atoms with van der Waals surface area (Å²) in [6.45, 7) is 7.99. The Balaban J connectivity index is 0.000000293. The molecule has 0 aromatic carbocycles. The fourth-order valence-electron chi connectivity index (χ4n) is 1.05. The molecule has 0 saturated carbocycles. The highest BCUT2D eigenvalue weighted by atomic mass is 16.5. The Labute approximate surface area is 97.1 Å². The SMILES string of the molecule is CC(C)(C)OC=O.CCC1CC(=O)C=CN1. The monoisotopic (exact) mass is 227 g/mol. The lowest BCUT2D eigenvalue weighted by atomic mass is 10.1. The van der Waals surface area contributed by atoms with Crippen molar-refractivity contribution in [3.05, 3.63) is 12.3 Å². The Morgan fingerprint density at radius 1 is 1.56 bits per heavy atom. The first-order valence-electron chi connectivity index (χ1n) is 5.46. The van der Waals surface area contributed by atoms with Crippen LogP contribution in [0.25, 0.3) is 0 Å². The molecule has 0 saturated heterocycles. The topological polar surface area (TPSA) is 55.4 Å². The summed E-state index contributed by atoms with van der Waals surface area (Å²) in [5.74, 6) is 0.237. The molecule has 1 heterocycles. The van der Waals surface area contributed by atoms with Crippen molar-refractivity contribution in [2.24, 2.45) is 0 Å². The first-order chi connectivity index (χ1) is 7.39. The van der Waals surface area contributed by atoms with E-state index in [2.05, 4.69) is 17.0 Å². The maximum Gasteiger partial charge on any atom is 0.293 e. The maximum atomic E-state index is 10.7. The summed E-state index contributed by atoms with van der Waals surface area (Å²) in [4.78, 5) is 20.3. The number of nitrogens with one attached hydrogen (secondary N) is 1. The molecule has 1 rings (SSSR count). The Morgan fingerprint density at radius 2 is 2.19 bits per heavy atom. The van der Waals surface area contributed by atoms with Gasteiger partial charge in [-0.05, 0) is 33.3 Å². The Hall–Kier alpha value is -1.32. The lowest BCUT2D eigenvalue weighted by Gasteiger charge is -2.16. The fourth-order valence-corrected chi connectivity index (χ4v) is 1.05. The highest BCUT2D eigenvalue weighted by molar-refractivity contribution is 5.90. The Kier molecular flexibility index (Phi) is 6.46. The largest absolute Gasteiger partial charge is 0.462 e. The van der Waals surface area contributed by atoms with E-state index < -0.39 is 0 Å². The molecule has 1 unspecified atom stereocenters. The minimum Gasteiger partial charge on any atom is -0.462 e. The maximum absolute atomic E-state index is 10.7. The van der Waals surface area contributed by atoms with Crippen molar-refractivity contribution < 1.29 is 14.3 Å². The molecule has 0 aliphatic carbocycles. The summed E-state index contributed by atoms with van der Waals surface area (Å²) >= 11 is 0. The van der Waals surface area contributed by atoms with Crippen LogP contribution < -0.4 is 5.32 Å². The van der Waals surface area contributed by atoms with Crippen LogP contribution in [0.1, 0.15) is 40.5 Å². The number of carbonyl (C=O) groups excluding carboxylic acids is 2. The van der Waals surface area contributed by atoms with Crippen LogP contribution in [0.5, 0.6) is 0 Å². The standard InChI is InChI=1S/C7H11NO.C5H10O2/c1-2-6-5-7(9)3-4-8-6;1-5(2,3)7-4-6/h3-4,6,8H,2,5H2,1H3;4H,1-3H3. The highest BCUT2D eigenvalue weighted by Gasteiger charge is 2.11. The highest BCUT2D eigenvalue weighted by Crippen LogP contribution is 2.03. The molecule has 0 aromatic rings. The predicted molar refractivity (Wildman–Crippen MR) is 62.9 cm³/mol. The number of carbonyl (C=O) groups is 2. The van der Waals surface area contributed by atoms with E-state index in [1.54, 1.807) is 12.3 Å². The van der Waals surface area contributed by atoms with Crippen LogP contribution in [-0.2, 0) is 14.3 Å². The second kappa shape index (κ2) is 7.04. The zero-order valence-electron chi connectivity index (χ0n) is 10.4. The van der Waals surface area contributed by atoms with Crippen LogP contribution in [0.15, 0.2) is 12.3 Å². The van der Waals surface area contributed by atoms with Gasteiger partial charge in [-0.3, -0.25) is 9.59 Å². The van der Waals surface area contributed by atoms with Gasteiger partial charge in [0.2, 0.25) is 0 Å². The smallest absolute Gasteiger partial charge is 0.293 e. The number of rotatable bonds is 2.